The van der Waals surface area contributed by atoms with Gasteiger partial charge in [-0.1, -0.05) is 163 Å². The fourth-order valence-electron chi connectivity index (χ4n) is 6.84. The van der Waals surface area contributed by atoms with Crippen molar-refractivity contribution >= 4 is 44.6 Å². The molecule has 2 aliphatic rings. The van der Waals surface area contributed by atoms with E-state index in [4.69, 9.17) is 18.6 Å². The zero-order valence-corrected chi connectivity index (χ0v) is 33.4. The highest BCUT2D eigenvalue weighted by Crippen LogP contribution is 2.44. The van der Waals surface area contributed by atoms with Crippen molar-refractivity contribution in [2.75, 3.05) is 0 Å². The molecule has 0 unspecified atom stereocenters. The van der Waals surface area contributed by atoms with Crippen LogP contribution >= 0.6 is 23.1 Å². The van der Waals surface area contributed by atoms with Crippen LogP contribution in [-0.4, -0.2) is 0 Å². The lowest BCUT2D eigenvalue weighted by Crippen LogP contribution is -2.68. The van der Waals surface area contributed by atoms with Crippen molar-refractivity contribution in [2.24, 2.45) is 0 Å². The van der Waals surface area contributed by atoms with Gasteiger partial charge in [-0.15, -0.1) is 10.2 Å². The molecule has 0 spiro atoms. The highest BCUT2D eigenvalue weighted by Gasteiger charge is 2.20. The van der Waals surface area contributed by atoms with Crippen molar-refractivity contribution in [1.82, 2.24) is 0 Å². The van der Waals surface area contributed by atoms with E-state index in [1.54, 1.807) is 0 Å². The molecule has 4 nitrogen and oxygen atoms in total. The van der Waals surface area contributed by atoms with Gasteiger partial charge in [0, 0.05) is 33.1 Å². The van der Waals surface area contributed by atoms with Crippen LogP contribution in [0.25, 0.3) is 42.3 Å². The lowest BCUT2D eigenvalue weighted by molar-refractivity contribution is -2.00. The monoisotopic (exact) mass is 802 g/mol. The van der Waals surface area contributed by atoms with Crippen LogP contribution in [-0.2, 0) is 0 Å². The van der Waals surface area contributed by atoms with Crippen molar-refractivity contribution in [3.63, 3.8) is 0 Å². The minimum Gasteiger partial charge on any atom is -0.222 e. The largest absolute Gasteiger partial charge is 0.239 e. The summed E-state index contributed by atoms with van der Waals surface area (Å²) in [5, 5.41) is 0. The van der Waals surface area contributed by atoms with Crippen LogP contribution in [0, 0.1) is 10.2 Å². The molecule has 1 aromatic heterocycles. The third-order valence-electron chi connectivity index (χ3n) is 9.41. The summed E-state index contributed by atoms with van der Waals surface area (Å²) in [6, 6.07) is 58.6. The van der Waals surface area contributed by atoms with Gasteiger partial charge in [0.2, 0.25) is 21.1 Å². The van der Waals surface area contributed by atoms with Gasteiger partial charge in [0.15, 0.2) is 0 Å². The standard InChI is InChI=1S/C50H39S2.ClHO4/c1-6-17-39(18-7-1)46-33-37(34-47(51-46)40-19-8-2-9-20-40)29-31-44-27-16-28-45(50(44)43-25-14-5-15-26-43)32-30-38-35-48(41-21-10-3-11-22-41)52-49(36-38)42-23-12-4-13-24-42;2-1(3,4)5/h1-15,17-26,29-36H,16,27-28H2;(H,2,3,4,5)/q+1;/p-1. The van der Waals surface area contributed by atoms with E-state index in [0.29, 0.717) is 0 Å². The minimum atomic E-state index is -4.94. The molecule has 0 radical (unpaired) electrons. The summed E-state index contributed by atoms with van der Waals surface area (Å²) < 4.78 is 34.0. The Labute approximate surface area is 344 Å². The maximum absolute atomic E-state index is 8.49. The van der Waals surface area contributed by atoms with Gasteiger partial charge < -0.3 is 0 Å². The molecule has 57 heavy (non-hydrogen) atoms. The zero-order chi connectivity index (χ0) is 39.5. The maximum atomic E-state index is 8.49. The van der Waals surface area contributed by atoms with E-state index >= 15 is 0 Å². The molecule has 5 aromatic carbocycles. The number of hydrogen-bond donors (Lipinski definition) is 0. The fourth-order valence-corrected chi connectivity index (χ4v) is 9.11. The first-order valence-electron chi connectivity index (χ1n) is 18.6. The van der Waals surface area contributed by atoms with Crippen molar-refractivity contribution < 1.29 is 28.9 Å². The van der Waals surface area contributed by atoms with Crippen LogP contribution < -0.4 is 18.6 Å². The van der Waals surface area contributed by atoms with E-state index in [1.807, 2.05) is 23.1 Å². The SMILES string of the molecule is C(/C=C1/CCCC(/C=C/c2cc(-c3ccccc3)[s+]c(-c3ccccc3)c2)=C1c1ccccc1)=C1C=C(c2ccccc2)SC(c2ccccc2)=C1.[O-][Cl+3]([O-])([O-])[O-]. The van der Waals surface area contributed by atoms with Crippen LogP contribution in [0.1, 0.15) is 41.5 Å². The Hall–Kier alpha value is -5.41. The van der Waals surface area contributed by atoms with Gasteiger partial charge in [-0.25, -0.2) is 18.6 Å². The van der Waals surface area contributed by atoms with Crippen molar-refractivity contribution in [1.29, 1.82) is 0 Å². The Morgan fingerprint density at radius 2 is 0.912 bits per heavy atom. The molecule has 8 rings (SSSR count). The number of halogens is 1. The normalized spacial score (nSPS) is 15.2. The molecule has 0 bridgehead atoms. The van der Waals surface area contributed by atoms with Crippen LogP contribution in [0.4, 0.5) is 0 Å². The zero-order valence-electron chi connectivity index (χ0n) is 31.0. The summed E-state index contributed by atoms with van der Waals surface area (Å²) in [6.07, 6.45) is 17.3. The molecule has 2 heterocycles. The Morgan fingerprint density at radius 3 is 1.37 bits per heavy atom. The predicted molar refractivity (Wildman–Crippen MR) is 228 cm³/mol. The topological polar surface area (TPSA) is 92.2 Å². The van der Waals surface area contributed by atoms with Gasteiger partial charge in [0.1, 0.15) is 0 Å². The minimum absolute atomic E-state index is 1.05. The lowest BCUT2D eigenvalue weighted by Gasteiger charge is -2.22. The third kappa shape index (κ3) is 11.3. The molecule has 0 amide bonds. The molecule has 7 heteroatoms. The van der Waals surface area contributed by atoms with Gasteiger partial charge in [-0.2, -0.15) is 0 Å². The number of rotatable bonds is 8. The molecule has 0 saturated carbocycles. The molecule has 6 aromatic rings. The first kappa shape index (κ1) is 39.8. The molecule has 0 fully saturated rings. The molecule has 1 aliphatic carbocycles. The summed E-state index contributed by atoms with van der Waals surface area (Å²) in [4.78, 5) is 5.08. The van der Waals surface area contributed by atoms with Gasteiger partial charge in [-0.05, 0) is 100 Å². The second kappa shape index (κ2) is 19.2. The average molecular weight is 803 g/mol. The average Bonchev–Trinajstić information content (AvgIpc) is 3.25. The smallest absolute Gasteiger partial charge is 0.222 e. The van der Waals surface area contributed by atoms with Crippen molar-refractivity contribution in [3.8, 4) is 20.9 Å². The Bertz CT molecular complexity index is 2350. The van der Waals surface area contributed by atoms with Gasteiger partial charge in [0.05, 0.1) is 0 Å². The van der Waals surface area contributed by atoms with Crippen LogP contribution in [0.15, 0.2) is 211 Å². The van der Waals surface area contributed by atoms with Crippen LogP contribution in [0.2, 0.25) is 0 Å². The van der Waals surface area contributed by atoms with E-state index in [-0.39, 0.29) is 0 Å². The highest BCUT2D eigenvalue weighted by atomic mass is 35.7. The van der Waals surface area contributed by atoms with E-state index in [9.17, 15) is 0 Å². The maximum Gasteiger partial charge on any atom is 0.239 e. The van der Waals surface area contributed by atoms with Crippen molar-refractivity contribution in [2.45, 2.75) is 19.3 Å². The van der Waals surface area contributed by atoms with Gasteiger partial charge in [-0.3, -0.25) is 0 Å². The van der Waals surface area contributed by atoms with Gasteiger partial charge in [0.25, 0.3) is 0 Å². The van der Waals surface area contributed by atoms with E-state index in [0.717, 1.165) is 19.3 Å². The third-order valence-corrected chi connectivity index (χ3v) is 11.7. The predicted octanol–water partition coefficient (Wildman–Crippen LogP) is 9.94. The number of allylic oxidation sites excluding steroid dienone is 9. The molecule has 282 valence electrons. The summed E-state index contributed by atoms with van der Waals surface area (Å²) in [7, 11) is -4.94. The highest BCUT2D eigenvalue weighted by molar-refractivity contribution is 8.16. The van der Waals surface area contributed by atoms with E-state index in [1.165, 1.54) is 75.2 Å². The second-order valence-corrected chi connectivity index (χ2v) is 16.3. The fraction of sp³-hybridized carbons (Fsp3) is 0.0600. The molecular formula is C50H39ClO4S2. The van der Waals surface area contributed by atoms with Gasteiger partial charge >= 0.3 is 0 Å². The second-order valence-electron chi connectivity index (χ2n) is 13.4. The van der Waals surface area contributed by atoms with E-state index in [2.05, 4.69) is 200 Å². The quantitative estimate of drug-likeness (QED) is 0.143. The lowest BCUT2D eigenvalue weighted by atomic mass is 9.82. The number of benzene rings is 5. The first-order valence-corrected chi connectivity index (χ1v) is 21.4. The summed E-state index contributed by atoms with van der Waals surface area (Å²) >= 11 is 3.69. The number of thioether (sulfide) groups is 1. The first-order chi connectivity index (χ1) is 27.8. The molecule has 0 saturated heterocycles. The Kier molecular flexibility index (Phi) is 13.4. The van der Waals surface area contributed by atoms with Crippen molar-refractivity contribution in [3.05, 3.63) is 233 Å². The Balaban J connectivity index is 0.000000935. The Morgan fingerprint density at radius 1 is 0.491 bits per heavy atom. The summed E-state index contributed by atoms with van der Waals surface area (Å²) in [5.74, 6) is 0. The molecular weight excluding hydrogens is 764 g/mol. The summed E-state index contributed by atoms with van der Waals surface area (Å²) in [5.41, 5.74) is 12.8. The van der Waals surface area contributed by atoms with Crippen LogP contribution in [0.3, 0.4) is 0 Å². The summed E-state index contributed by atoms with van der Waals surface area (Å²) in [6.45, 7) is 0. The molecule has 1 aliphatic heterocycles. The molecule has 0 N–H and O–H groups in total. The molecule has 0 atom stereocenters. The van der Waals surface area contributed by atoms with Crippen LogP contribution in [0.5, 0.6) is 0 Å². The van der Waals surface area contributed by atoms with E-state index < -0.39 is 10.2 Å². The number of hydrogen-bond acceptors (Lipinski definition) is 5.